The van der Waals surface area contributed by atoms with Gasteiger partial charge in [-0.15, -0.1) is 0 Å². The van der Waals surface area contributed by atoms with E-state index in [0.717, 1.165) is 6.42 Å². The second-order valence-electron chi connectivity index (χ2n) is 9.89. The molecule has 0 saturated carbocycles. The van der Waals surface area contributed by atoms with E-state index < -0.39 is 6.04 Å². The van der Waals surface area contributed by atoms with Crippen molar-refractivity contribution in [3.05, 3.63) is 46.3 Å². The normalized spacial score (nSPS) is 19.0. The quantitative estimate of drug-likeness (QED) is 0.572. The number of benzene rings is 1. The summed E-state index contributed by atoms with van der Waals surface area (Å²) < 4.78 is 11.2. The Morgan fingerprint density at radius 1 is 1.05 bits per heavy atom. The van der Waals surface area contributed by atoms with E-state index >= 15 is 0 Å². The van der Waals surface area contributed by atoms with Crippen molar-refractivity contribution in [2.75, 3.05) is 40.3 Å². The molecule has 0 N–H and O–H groups in total. The number of hydrogen-bond donors (Lipinski definition) is 0. The van der Waals surface area contributed by atoms with Crippen LogP contribution in [0.1, 0.15) is 66.1 Å². The molecule has 0 aliphatic carbocycles. The van der Waals surface area contributed by atoms with Crippen LogP contribution >= 0.6 is 11.6 Å². The Morgan fingerprint density at radius 3 is 2.38 bits per heavy atom. The fourth-order valence-electron chi connectivity index (χ4n) is 4.52. The van der Waals surface area contributed by atoms with E-state index in [1.54, 1.807) is 55.1 Å². The van der Waals surface area contributed by atoms with Gasteiger partial charge >= 0.3 is 0 Å². The maximum atomic E-state index is 13.5. The summed E-state index contributed by atoms with van der Waals surface area (Å²) in [6, 6.07) is 5.93. The van der Waals surface area contributed by atoms with Crippen LogP contribution in [0.4, 0.5) is 0 Å². The SMILES string of the molecule is Cc1cc(C(=O)N2CCCCOc3ccc(Cl)cc3C(=O)N(C)[C@@H](C(C)C)C(=O)N(C)CCCC2)on1. The van der Waals surface area contributed by atoms with Crippen LogP contribution in [0, 0.1) is 12.8 Å². The summed E-state index contributed by atoms with van der Waals surface area (Å²) in [6.07, 6.45) is 2.83. The summed E-state index contributed by atoms with van der Waals surface area (Å²) in [7, 11) is 3.39. The van der Waals surface area contributed by atoms with Crippen LogP contribution in [0.25, 0.3) is 0 Å². The van der Waals surface area contributed by atoms with Crippen LogP contribution in [0.3, 0.4) is 0 Å². The number of halogens is 1. The van der Waals surface area contributed by atoms with Gasteiger partial charge in [-0.05, 0) is 56.7 Å². The minimum atomic E-state index is -0.646. The Kier molecular flexibility index (Phi) is 9.97. The van der Waals surface area contributed by atoms with Crippen molar-refractivity contribution in [3.8, 4) is 5.75 Å². The van der Waals surface area contributed by atoms with E-state index in [9.17, 15) is 14.4 Å². The van der Waals surface area contributed by atoms with Crippen LogP contribution in [0.15, 0.2) is 28.8 Å². The largest absolute Gasteiger partial charge is 0.493 e. The minimum Gasteiger partial charge on any atom is -0.493 e. The molecule has 9 nitrogen and oxygen atoms in total. The molecule has 1 aromatic heterocycles. The first kappa shape index (κ1) is 28.5. The van der Waals surface area contributed by atoms with Crippen molar-refractivity contribution in [2.45, 2.75) is 52.5 Å². The highest BCUT2D eigenvalue weighted by atomic mass is 35.5. The third-order valence-electron chi connectivity index (χ3n) is 6.55. The molecule has 3 rings (SSSR count). The molecule has 1 aliphatic heterocycles. The predicted octanol–water partition coefficient (Wildman–Crippen LogP) is 4.29. The zero-order valence-electron chi connectivity index (χ0n) is 22.3. The fourth-order valence-corrected chi connectivity index (χ4v) is 4.69. The Labute approximate surface area is 223 Å². The number of carbonyl (C=O) groups excluding carboxylic acids is 3. The van der Waals surface area contributed by atoms with E-state index in [1.807, 2.05) is 13.8 Å². The zero-order valence-corrected chi connectivity index (χ0v) is 23.1. The summed E-state index contributed by atoms with van der Waals surface area (Å²) in [5, 5.41) is 4.25. The maximum Gasteiger partial charge on any atom is 0.292 e. The van der Waals surface area contributed by atoms with Gasteiger partial charge in [-0.3, -0.25) is 14.4 Å². The second-order valence-corrected chi connectivity index (χ2v) is 10.3. The molecule has 2 heterocycles. The van der Waals surface area contributed by atoms with Gasteiger partial charge in [0.2, 0.25) is 11.7 Å². The van der Waals surface area contributed by atoms with Crippen LogP contribution in [-0.4, -0.2) is 84.0 Å². The first-order valence-corrected chi connectivity index (χ1v) is 13.1. The van der Waals surface area contributed by atoms with Crippen molar-refractivity contribution in [2.24, 2.45) is 5.92 Å². The molecule has 1 aliphatic rings. The molecule has 0 saturated heterocycles. The average molecular weight is 533 g/mol. The fraction of sp³-hybridized carbons (Fsp3) is 0.556. The minimum absolute atomic E-state index is 0.104. The van der Waals surface area contributed by atoms with Gasteiger partial charge < -0.3 is 24.0 Å². The number of fused-ring (bicyclic) bond motifs is 1. The number of aryl methyl sites for hydroxylation is 1. The average Bonchev–Trinajstić information content (AvgIpc) is 3.30. The first-order valence-electron chi connectivity index (χ1n) is 12.8. The van der Waals surface area contributed by atoms with Crippen molar-refractivity contribution < 1.29 is 23.6 Å². The summed E-state index contributed by atoms with van der Waals surface area (Å²) in [4.78, 5) is 44.9. The topological polar surface area (TPSA) is 96.2 Å². The van der Waals surface area contributed by atoms with E-state index in [2.05, 4.69) is 5.16 Å². The highest BCUT2D eigenvalue weighted by Crippen LogP contribution is 2.26. The van der Waals surface area contributed by atoms with Crippen molar-refractivity contribution in [3.63, 3.8) is 0 Å². The van der Waals surface area contributed by atoms with Crippen LogP contribution in [0.5, 0.6) is 5.75 Å². The molecule has 0 bridgehead atoms. The smallest absolute Gasteiger partial charge is 0.292 e. The molecular formula is C27H37ClN4O5. The molecule has 1 atom stereocenters. The standard InChI is InChI=1S/C27H37ClN4O5/c1-18(2)24-27(35)30(4)12-6-7-13-32(26(34)23-16-19(3)29-37-23)14-8-9-15-36-22-11-10-20(28)17-21(22)25(33)31(24)5/h10-11,16-18,24H,6-9,12-15H2,1-5H3/t24-/m0/s1. The van der Waals surface area contributed by atoms with Gasteiger partial charge in [-0.25, -0.2) is 0 Å². The number of ether oxygens (including phenoxy) is 1. The van der Waals surface area contributed by atoms with E-state index in [0.29, 0.717) is 67.5 Å². The van der Waals surface area contributed by atoms with Crippen LogP contribution < -0.4 is 4.74 Å². The summed E-state index contributed by atoms with van der Waals surface area (Å²) in [6.45, 7) is 7.57. The van der Waals surface area contributed by atoms with Crippen molar-refractivity contribution in [1.82, 2.24) is 19.9 Å². The molecule has 0 radical (unpaired) electrons. The Balaban J connectivity index is 1.85. The highest BCUT2D eigenvalue weighted by molar-refractivity contribution is 6.31. The van der Waals surface area contributed by atoms with E-state index in [-0.39, 0.29) is 29.4 Å². The lowest BCUT2D eigenvalue weighted by atomic mass is 10.00. The van der Waals surface area contributed by atoms with Crippen LogP contribution in [-0.2, 0) is 4.79 Å². The second kappa shape index (κ2) is 12.9. The number of rotatable bonds is 2. The third kappa shape index (κ3) is 7.25. The Morgan fingerprint density at radius 2 is 1.73 bits per heavy atom. The molecule has 2 aromatic rings. The van der Waals surface area contributed by atoms with Gasteiger partial charge in [0.1, 0.15) is 11.8 Å². The predicted molar refractivity (Wildman–Crippen MR) is 141 cm³/mol. The summed E-state index contributed by atoms with van der Waals surface area (Å²) in [5.74, 6) is -0.118. The monoisotopic (exact) mass is 532 g/mol. The van der Waals surface area contributed by atoms with Gasteiger partial charge in [-0.1, -0.05) is 30.6 Å². The first-order chi connectivity index (χ1) is 17.6. The molecule has 3 amide bonds. The van der Waals surface area contributed by atoms with Crippen molar-refractivity contribution >= 4 is 29.3 Å². The number of carbonyl (C=O) groups is 3. The molecule has 0 unspecified atom stereocenters. The summed E-state index contributed by atoms with van der Waals surface area (Å²) >= 11 is 6.22. The zero-order chi connectivity index (χ0) is 27.1. The third-order valence-corrected chi connectivity index (χ3v) is 6.78. The van der Waals surface area contributed by atoms with Gasteiger partial charge in [0.15, 0.2) is 0 Å². The summed E-state index contributed by atoms with van der Waals surface area (Å²) in [5.41, 5.74) is 0.971. The van der Waals surface area contributed by atoms with Crippen molar-refractivity contribution in [1.29, 1.82) is 0 Å². The highest BCUT2D eigenvalue weighted by Gasteiger charge is 2.33. The number of likely N-dealkylation sites (N-methyl/N-ethyl adjacent to an activating group) is 2. The molecule has 1 aromatic carbocycles. The molecule has 202 valence electrons. The van der Waals surface area contributed by atoms with Gasteiger partial charge in [0, 0.05) is 44.8 Å². The number of amides is 3. The van der Waals surface area contributed by atoms with Gasteiger partial charge in [0.25, 0.3) is 11.8 Å². The molecule has 10 heteroatoms. The lowest BCUT2D eigenvalue weighted by molar-refractivity contribution is -0.136. The molecule has 0 fully saturated rings. The number of aromatic nitrogens is 1. The lowest BCUT2D eigenvalue weighted by Crippen LogP contribution is -2.51. The van der Waals surface area contributed by atoms with E-state index in [1.165, 1.54) is 4.90 Å². The van der Waals surface area contributed by atoms with Gasteiger partial charge in [-0.2, -0.15) is 0 Å². The number of hydrogen-bond acceptors (Lipinski definition) is 6. The maximum absolute atomic E-state index is 13.5. The molecule has 37 heavy (non-hydrogen) atoms. The van der Waals surface area contributed by atoms with Gasteiger partial charge in [0.05, 0.1) is 17.9 Å². The van der Waals surface area contributed by atoms with E-state index in [4.69, 9.17) is 20.9 Å². The number of nitrogens with zero attached hydrogens (tertiary/aromatic N) is 4. The lowest BCUT2D eigenvalue weighted by Gasteiger charge is -2.33. The Bertz CT molecular complexity index is 1100. The molecular weight excluding hydrogens is 496 g/mol. The van der Waals surface area contributed by atoms with Crippen LogP contribution in [0.2, 0.25) is 5.02 Å². The Hall–Kier alpha value is -3.07. The molecule has 0 spiro atoms.